The first kappa shape index (κ1) is 18.4. The van der Waals surface area contributed by atoms with Gasteiger partial charge in [-0.3, -0.25) is 4.79 Å². The van der Waals surface area contributed by atoms with Gasteiger partial charge in [0.05, 0.1) is 25.4 Å². The van der Waals surface area contributed by atoms with Gasteiger partial charge in [-0.2, -0.15) is 0 Å². The number of ether oxygens (including phenoxy) is 2. The molecule has 2 heterocycles. The van der Waals surface area contributed by atoms with Gasteiger partial charge >= 0.3 is 0 Å². The minimum atomic E-state index is -0.165. The van der Waals surface area contributed by atoms with Crippen LogP contribution in [-0.4, -0.2) is 35.1 Å². The Hall–Kier alpha value is -3.00. The van der Waals surface area contributed by atoms with Gasteiger partial charge in [-0.1, -0.05) is 42.1 Å². The number of thioether (sulfide) groups is 1. The summed E-state index contributed by atoms with van der Waals surface area (Å²) >= 11 is 1.20. The number of carbonyl (C=O) groups excluding carboxylic acids is 1. The molecule has 1 aliphatic rings. The molecule has 2 aromatic carbocycles. The Bertz CT molecular complexity index is 946. The third-order valence-corrected chi connectivity index (χ3v) is 4.82. The quantitative estimate of drug-likeness (QED) is 0.637. The van der Waals surface area contributed by atoms with Gasteiger partial charge in [-0.05, 0) is 17.7 Å². The van der Waals surface area contributed by atoms with E-state index in [1.54, 1.807) is 18.2 Å². The molecule has 0 atom stereocenters. The van der Waals surface area contributed by atoms with E-state index in [9.17, 15) is 4.79 Å². The topological polar surface area (TPSA) is 86.5 Å². The Labute approximate surface area is 166 Å². The van der Waals surface area contributed by atoms with Crippen LogP contribution in [0.4, 0.5) is 5.69 Å². The molecule has 7 nitrogen and oxygen atoms in total. The summed E-state index contributed by atoms with van der Waals surface area (Å²) in [5.41, 5.74) is 1.75. The minimum absolute atomic E-state index is 0.165. The molecule has 1 aliphatic heterocycles. The number of amides is 1. The molecule has 0 saturated heterocycles. The summed E-state index contributed by atoms with van der Waals surface area (Å²) in [7, 11) is 0. The fourth-order valence-corrected chi connectivity index (χ4v) is 3.28. The molecule has 0 saturated carbocycles. The molecule has 1 amide bonds. The van der Waals surface area contributed by atoms with Crippen molar-refractivity contribution in [1.82, 2.24) is 10.2 Å². The van der Waals surface area contributed by atoms with E-state index in [1.807, 2.05) is 30.3 Å². The lowest BCUT2D eigenvalue weighted by molar-refractivity contribution is -0.113. The van der Waals surface area contributed by atoms with Crippen molar-refractivity contribution >= 4 is 23.4 Å². The van der Waals surface area contributed by atoms with E-state index in [4.69, 9.17) is 13.9 Å². The first-order valence-corrected chi connectivity index (χ1v) is 9.93. The Morgan fingerprint density at radius 2 is 1.86 bits per heavy atom. The summed E-state index contributed by atoms with van der Waals surface area (Å²) in [5.74, 6) is 1.87. The van der Waals surface area contributed by atoms with Crippen molar-refractivity contribution in [3.63, 3.8) is 0 Å². The molecular weight excluding hydrogens is 378 g/mol. The van der Waals surface area contributed by atoms with Crippen LogP contribution in [0.1, 0.15) is 17.9 Å². The van der Waals surface area contributed by atoms with E-state index in [1.165, 1.54) is 11.8 Å². The first-order chi connectivity index (χ1) is 13.8. The van der Waals surface area contributed by atoms with Gasteiger partial charge < -0.3 is 19.2 Å². The second-order valence-corrected chi connectivity index (χ2v) is 7.10. The number of hydrogen-bond donors (Lipinski definition) is 1. The van der Waals surface area contributed by atoms with E-state index in [2.05, 4.69) is 15.5 Å². The molecule has 8 heteroatoms. The second-order valence-electron chi connectivity index (χ2n) is 6.17. The minimum Gasteiger partial charge on any atom is -0.490 e. The Morgan fingerprint density at radius 3 is 2.71 bits per heavy atom. The first-order valence-electron chi connectivity index (χ1n) is 8.95. The predicted octanol–water partition coefficient (Wildman–Crippen LogP) is 3.55. The van der Waals surface area contributed by atoms with Gasteiger partial charge in [0.2, 0.25) is 11.8 Å². The van der Waals surface area contributed by atoms with Gasteiger partial charge in [0.25, 0.3) is 5.22 Å². The molecule has 144 valence electrons. The van der Waals surface area contributed by atoms with Crippen molar-refractivity contribution in [3.8, 4) is 11.5 Å². The van der Waals surface area contributed by atoms with Crippen molar-refractivity contribution in [2.45, 2.75) is 18.1 Å². The fraction of sp³-hybridized carbons (Fsp3) is 0.250. The number of nitrogens with zero attached hydrogens (tertiary/aromatic N) is 2. The van der Waals surface area contributed by atoms with Crippen molar-refractivity contribution in [1.29, 1.82) is 0 Å². The molecule has 0 aliphatic carbocycles. The van der Waals surface area contributed by atoms with Crippen LogP contribution >= 0.6 is 11.8 Å². The standard InChI is InChI=1S/C20H19N3O4S/c24-18(21-15-7-8-16-17(12-15)26-10-4-9-25-16)13-28-20-23-22-19(27-20)11-14-5-2-1-3-6-14/h1-3,5-8,12H,4,9-11,13H2,(H,21,24). The smallest absolute Gasteiger partial charge is 0.277 e. The zero-order valence-corrected chi connectivity index (χ0v) is 15.9. The Morgan fingerprint density at radius 1 is 1.04 bits per heavy atom. The number of hydrogen-bond acceptors (Lipinski definition) is 7. The number of fused-ring (bicyclic) bond motifs is 1. The highest BCUT2D eigenvalue weighted by Crippen LogP contribution is 2.32. The average molecular weight is 397 g/mol. The maximum atomic E-state index is 12.2. The fourth-order valence-electron chi connectivity index (χ4n) is 2.70. The van der Waals surface area contributed by atoms with Crippen LogP contribution in [0.15, 0.2) is 58.2 Å². The molecule has 0 unspecified atom stereocenters. The van der Waals surface area contributed by atoms with Crippen LogP contribution < -0.4 is 14.8 Å². The van der Waals surface area contributed by atoms with Gasteiger partial charge in [-0.25, -0.2) is 0 Å². The molecular formula is C20H19N3O4S. The van der Waals surface area contributed by atoms with Crippen LogP contribution in [0.2, 0.25) is 0 Å². The largest absolute Gasteiger partial charge is 0.490 e. The molecule has 1 N–H and O–H groups in total. The molecule has 0 fully saturated rings. The molecule has 0 radical (unpaired) electrons. The van der Waals surface area contributed by atoms with E-state index in [-0.39, 0.29) is 11.7 Å². The van der Waals surface area contributed by atoms with E-state index in [0.717, 1.165) is 12.0 Å². The molecule has 4 rings (SSSR count). The normalized spacial score (nSPS) is 13.0. The van der Waals surface area contributed by atoms with Crippen molar-refractivity contribution < 1.29 is 18.7 Å². The number of nitrogens with one attached hydrogen (secondary N) is 1. The van der Waals surface area contributed by atoms with Gasteiger partial charge in [0, 0.05) is 18.2 Å². The summed E-state index contributed by atoms with van der Waals surface area (Å²) in [6, 6.07) is 15.3. The lowest BCUT2D eigenvalue weighted by atomic mass is 10.2. The maximum Gasteiger partial charge on any atom is 0.277 e. The van der Waals surface area contributed by atoms with Gasteiger partial charge in [0.1, 0.15) is 0 Å². The lowest BCUT2D eigenvalue weighted by Crippen LogP contribution is -2.14. The third kappa shape index (κ3) is 4.83. The third-order valence-electron chi connectivity index (χ3n) is 4.00. The second kappa shape index (κ2) is 8.79. The zero-order chi connectivity index (χ0) is 19.2. The van der Waals surface area contributed by atoms with Crippen LogP contribution in [0.3, 0.4) is 0 Å². The highest BCUT2D eigenvalue weighted by molar-refractivity contribution is 7.99. The number of rotatable bonds is 6. The van der Waals surface area contributed by atoms with E-state index in [0.29, 0.717) is 47.9 Å². The highest BCUT2D eigenvalue weighted by atomic mass is 32.2. The maximum absolute atomic E-state index is 12.2. The number of aromatic nitrogens is 2. The Kier molecular flexibility index (Phi) is 5.77. The predicted molar refractivity (Wildman–Crippen MR) is 105 cm³/mol. The van der Waals surface area contributed by atoms with E-state index < -0.39 is 0 Å². The Balaban J connectivity index is 1.29. The van der Waals surface area contributed by atoms with Crippen LogP contribution in [0, 0.1) is 0 Å². The average Bonchev–Trinajstić information content (AvgIpc) is 3.02. The van der Waals surface area contributed by atoms with Crippen molar-refractivity contribution in [3.05, 3.63) is 60.0 Å². The SMILES string of the molecule is O=C(CSc1nnc(Cc2ccccc2)o1)Nc1ccc2c(c1)OCCCO2. The summed E-state index contributed by atoms with van der Waals surface area (Å²) < 4.78 is 16.8. The number of benzene rings is 2. The van der Waals surface area contributed by atoms with Gasteiger partial charge in [-0.15, -0.1) is 10.2 Å². The van der Waals surface area contributed by atoms with Crippen LogP contribution in [-0.2, 0) is 11.2 Å². The molecule has 28 heavy (non-hydrogen) atoms. The molecule has 0 spiro atoms. The van der Waals surface area contributed by atoms with Crippen molar-refractivity contribution in [2.75, 3.05) is 24.3 Å². The van der Waals surface area contributed by atoms with Gasteiger partial charge in [0.15, 0.2) is 11.5 Å². The molecule has 0 bridgehead atoms. The number of anilines is 1. The van der Waals surface area contributed by atoms with Crippen LogP contribution in [0.5, 0.6) is 11.5 Å². The number of carbonyl (C=O) groups is 1. The van der Waals surface area contributed by atoms with Crippen LogP contribution in [0.25, 0.3) is 0 Å². The summed E-state index contributed by atoms with van der Waals surface area (Å²) in [4.78, 5) is 12.2. The zero-order valence-electron chi connectivity index (χ0n) is 15.1. The summed E-state index contributed by atoms with van der Waals surface area (Å²) in [6.45, 7) is 1.23. The summed E-state index contributed by atoms with van der Waals surface area (Å²) in [5, 5.41) is 11.2. The van der Waals surface area contributed by atoms with E-state index >= 15 is 0 Å². The highest BCUT2D eigenvalue weighted by Gasteiger charge is 2.13. The molecule has 3 aromatic rings. The van der Waals surface area contributed by atoms with Crippen molar-refractivity contribution in [2.24, 2.45) is 0 Å². The monoisotopic (exact) mass is 397 g/mol. The lowest BCUT2D eigenvalue weighted by Gasteiger charge is -2.10. The summed E-state index contributed by atoms with van der Waals surface area (Å²) in [6.07, 6.45) is 1.40. The molecule has 1 aromatic heterocycles.